The highest BCUT2D eigenvalue weighted by molar-refractivity contribution is 5.78. The largest absolute Gasteiger partial charge is 0.480 e. The second kappa shape index (κ2) is 23.6. The summed E-state index contributed by atoms with van der Waals surface area (Å²) >= 11 is 0. The second-order valence-corrected chi connectivity index (χ2v) is 7.82. The summed E-state index contributed by atoms with van der Waals surface area (Å²) in [5.74, 6) is -1.49. The number of ether oxygens (including phenoxy) is 4. The summed E-state index contributed by atoms with van der Waals surface area (Å²) in [6, 6.07) is -0.728. The SMILES string of the molecule is CCCCCN[C@@H](CCC(=O)NCCOCCOCC(=O)NCCOCCOCC(C)=O)C(=O)O. The third-order valence-electron chi connectivity index (χ3n) is 4.55. The predicted molar refractivity (Wildman–Crippen MR) is 128 cm³/mol. The molecule has 0 aliphatic heterocycles. The molecule has 0 aromatic heterocycles. The molecule has 0 radical (unpaired) electrons. The van der Waals surface area contributed by atoms with Crippen LogP contribution in [0.25, 0.3) is 0 Å². The average Bonchev–Trinajstić information content (AvgIpc) is 2.81. The number of hydrogen-bond donors (Lipinski definition) is 4. The lowest BCUT2D eigenvalue weighted by atomic mass is 10.1. The molecule has 0 fully saturated rings. The van der Waals surface area contributed by atoms with Crippen molar-refractivity contribution in [1.82, 2.24) is 16.0 Å². The first-order valence-electron chi connectivity index (χ1n) is 12.2. The lowest BCUT2D eigenvalue weighted by Crippen LogP contribution is -2.38. The molecular formula is C23H43N3O9. The van der Waals surface area contributed by atoms with Crippen molar-refractivity contribution in [3.8, 4) is 0 Å². The maximum absolute atomic E-state index is 11.9. The fraction of sp³-hybridized carbons (Fsp3) is 0.826. The minimum atomic E-state index is -0.952. The summed E-state index contributed by atoms with van der Waals surface area (Å²) < 4.78 is 20.8. The van der Waals surface area contributed by atoms with Crippen molar-refractivity contribution in [2.45, 2.75) is 52.0 Å². The van der Waals surface area contributed by atoms with Gasteiger partial charge in [-0.3, -0.25) is 19.2 Å². The van der Waals surface area contributed by atoms with Gasteiger partial charge in [-0.15, -0.1) is 0 Å². The van der Waals surface area contributed by atoms with Gasteiger partial charge in [0.2, 0.25) is 11.8 Å². The maximum Gasteiger partial charge on any atom is 0.320 e. The highest BCUT2D eigenvalue weighted by Crippen LogP contribution is 2.00. The van der Waals surface area contributed by atoms with Gasteiger partial charge in [0.05, 0.1) is 39.6 Å². The highest BCUT2D eigenvalue weighted by Gasteiger charge is 2.17. The van der Waals surface area contributed by atoms with Crippen LogP contribution in [0.2, 0.25) is 0 Å². The molecule has 2 amide bonds. The number of carbonyl (C=O) groups excluding carboxylic acids is 3. The Hall–Kier alpha value is -2.12. The van der Waals surface area contributed by atoms with Gasteiger partial charge in [-0.25, -0.2) is 0 Å². The second-order valence-electron chi connectivity index (χ2n) is 7.82. The van der Waals surface area contributed by atoms with Crippen LogP contribution in [0.15, 0.2) is 0 Å². The molecule has 0 aromatic rings. The molecule has 35 heavy (non-hydrogen) atoms. The van der Waals surface area contributed by atoms with E-state index in [1.807, 2.05) is 0 Å². The number of carboxylic acids is 1. The molecule has 12 nitrogen and oxygen atoms in total. The van der Waals surface area contributed by atoms with Crippen molar-refractivity contribution < 1.29 is 43.2 Å². The number of amides is 2. The predicted octanol–water partition coefficient (Wildman–Crippen LogP) is -0.113. The number of unbranched alkanes of at least 4 members (excludes halogenated alkanes) is 2. The van der Waals surface area contributed by atoms with Gasteiger partial charge < -0.3 is 40.0 Å². The molecule has 0 spiro atoms. The number of Topliss-reactive ketones (excluding diaryl/α,β-unsaturated/α-hetero) is 1. The lowest BCUT2D eigenvalue weighted by Gasteiger charge is -2.14. The summed E-state index contributed by atoms with van der Waals surface area (Å²) in [6.07, 6.45) is 3.36. The Balaban J connectivity index is 3.53. The molecular weight excluding hydrogens is 462 g/mol. The summed E-state index contributed by atoms with van der Waals surface area (Å²) in [5.41, 5.74) is 0. The molecule has 0 heterocycles. The summed E-state index contributed by atoms with van der Waals surface area (Å²) in [4.78, 5) is 45.4. The Kier molecular flexibility index (Phi) is 22.2. The van der Waals surface area contributed by atoms with Gasteiger partial charge in [0.25, 0.3) is 0 Å². The number of aliphatic carboxylic acids is 1. The fourth-order valence-corrected chi connectivity index (χ4v) is 2.72. The zero-order valence-corrected chi connectivity index (χ0v) is 21.1. The van der Waals surface area contributed by atoms with Gasteiger partial charge in [-0.05, 0) is 26.3 Å². The van der Waals surface area contributed by atoms with E-state index >= 15 is 0 Å². The van der Waals surface area contributed by atoms with E-state index in [0.29, 0.717) is 39.5 Å². The van der Waals surface area contributed by atoms with Crippen LogP contribution in [0.1, 0.15) is 46.0 Å². The third kappa shape index (κ3) is 23.4. The number of hydrogen-bond acceptors (Lipinski definition) is 9. The smallest absolute Gasteiger partial charge is 0.320 e. The van der Waals surface area contributed by atoms with E-state index in [4.69, 9.17) is 18.9 Å². The van der Waals surface area contributed by atoms with Gasteiger partial charge in [0, 0.05) is 19.5 Å². The topological polar surface area (TPSA) is 162 Å². The van der Waals surface area contributed by atoms with Crippen LogP contribution in [0.5, 0.6) is 0 Å². The van der Waals surface area contributed by atoms with Gasteiger partial charge in [0.15, 0.2) is 5.78 Å². The van der Waals surface area contributed by atoms with Crippen LogP contribution in [-0.2, 0) is 38.1 Å². The molecule has 12 heteroatoms. The molecule has 4 N–H and O–H groups in total. The first-order chi connectivity index (χ1) is 16.9. The van der Waals surface area contributed by atoms with E-state index in [2.05, 4.69) is 22.9 Å². The van der Waals surface area contributed by atoms with Crippen LogP contribution >= 0.6 is 0 Å². The van der Waals surface area contributed by atoms with Gasteiger partial charge in [0.1, 0.15) is 19.3 Å². The maximum atomic E-state index is 11.9. The van der Waals surface area contributed by atoms with Crippen molar-refractivity contribution in [3.63, 3.8) is 0 Å². The number of ketones is 1. The lowest BCUT2D eigenvalue weighted by molar-refractivity contribution is -0.139. The monoisotopic (exact) mass is 505 g/mol. The van der Waals surface area contributed by atoms with E-state index in [0.717, 1.165) is 19.3 Å². The number of rotatable bonds is 25. The minimum absolute atomic E-state index is 0.0429. The molecule has 1 atom stereocenters. The van der Waals surface area contributed by atoms with E-state index in [1.54, 1.807) is 0 Å². The Morgan fingerprint density at radius 2 is 1.31 bits per heavy atom. The van der Waals surface area contributed by atoms with E-state index in [-0.39, 0.29) is 63.5 Å². The highest BCUT2D eigenvalue weighted by atomic mass is 16.5. The molecule has 0 aliphatic carbocycles. The van der Waals surface area contributed by atoms with Crippen LogP contribution < -0.4 is 16.0 Å². The Labute approximate surface area is 207 Å². The van der Waals surface area contributed by atoms with Gasteiger partial charge in [-0.2, -0.15) is 0 Å². The van der Waals surface area contributed by atoms with Crippen LogP contribution in [0.4, 0.5) is 0 Å². The zero-order chi connectivity index (χ0) is 26.2. The molecule has 204 valence electrons. The Morgan fingerprint density at radius 3 is 1.89 bits per heavy atom. The average molecular weight is 506 g/mol. The van der Waals surface area contributed by atoms with E-state index in [1.165, 1.54) is 6.92 Å². The first kappa shape index (κ1) is 32.9. The van der Waals surface area contributed by atoms with Crippen molar-refractivity contribution in [1.29, 1.82) is 0 Å². The van der Waals surface area contributed by atoms with Crippen molar-refractivity contribution in [3.05, 3.63) is 0 Å². The zero-order valence-electron chi connectivity index (χ0n) is 21.1. The molecule has 0 aliphatic rings. The molecule has 0 unspecified atom stereocenters. The van der Waals surface area contributed by atoms with Crippen LogP contribution in [0, 0.1) is 0 Å². The number of carbonyl (C=O) groups is 4. The number of nitrogens with one attached hydrogen (secondary N) is 3. The minimum Gasteiger partial charge on any atom is -0.480 e. The molecule has 0 aromatic carbocycles. The normalized spacial score (nSPS) is 11.7. The standard InChI is InChI=1S/C23H43N3O9/c1-3-4-5-8-24-20(23(30)31)6-7-21(28)25-9-11-32-14-16-35-18-22(29)26-10-12-33-13-15-34-17-19(2)27/h20,24H,3-18H2,1-2H3,(H,25,28)(H,26,29)(H,30,31)/t20-/m0/s1. The van der Waals surface area contributed by atoms with Crippen molar-refractivity contribution >= 4 is 23.6 Å². The summed E-state index contributed by atoms with van der Waals surface area (Å²) in [7, 11) is 0. The van der Waals surface area contributed by atoms with Gasteiger partial charge in [-0.1, -0.05) is 19.8 Å². The third-order valence-corrected chi connectivity index (χ3v) is 4.55. The quantitative estimate of drug-likeness (QED) is 0.123. The van der Waals surface area contributed by atoms with E-state index < -0.39 is 12.0 Å². The van der Waals surface area contributed by atoms with Crippen molar-refractivity contribution in [2.75, 3.05) is 72.5 Å². The summed E-state index contributed by atoms with van der Waals surface area (Å²) in [6.45, 7) is 6.55. The van der Waals surface area contributed by atoms with Gasteiger partial charge >= 0.3 is 5.97 Å². The van der Waals surface area contributed by atoms with E-state index in [9.17, 15) is 24.3 Å². The van der Waals surface area contributed by atoms with Crippen LogP contribution in [-0.4, -0.2) is 107 Å². The molecule has 0 bridgehead atoms. The first-order valence-corrected chi connectivity index (χ1v) is 12.2. The molecule has 0 saturated carbocycles. The Bertz CT molecular complexity index is 591. The van der Waals surface area contributed by atoms with Crippen molar-refractivity contribution in [2.24, 2.45) is 0 Å². The Morgan fingerprint density at radius 1 is 0.743 bits per heavy atom. The summed E-state index contributed by atoms with van der Waals surface area (Å²) in [5, 5.41) is 17.5. The van der Waals surface area contributed by atoms with Crippen LogP contribution in [0.3, 0.4) is 0 Å². The fourth-order valence-electron chi connectivity index (χ4n) is 2.72. The number of carboxylic acid groups (broad SMARTS) is 1. The molecule has 0 rings (SSSR count). The molecule has 0 saturated heterocycles.